The van der Waals surface area contributed by atoms with Crippen LogP contribution in [0.1, 0.15) is 140 Å². The number of carbonyl (C=O) groups is 5. The average molecular weight is 801 g/mol. The number of piperidine rings is 1. The minimum Gasteiger partial charge on any atom is -0.481 e. The molecule has 2 unspecified atom stereocenters. The lowest BCUT2D eigenvalue weighted by Gasteiger charge is -2.40. The van der Waals surface area contributed by atoms with Crippen LogP contribution in [0, 0.1) is 29.5 Å². The van der Waals surface area contributed by atoms with Crippen LogP contribution in [0.4, 0.5) is 4.39 Å². The van der Waals surface area contributed by atoms with Crippen LogP contribution in [-0.2, 0) is 30.3 Å². The van der Waals surface area contributed by atoms with Gasteiger partial charge in [-0.1, -0.05) is 79.4 Å². The number of likely N-dealkylation sites (tertiary alicyclic amines) is 1. The van der Waals surface area contributed by atoms with E-state index in [4.69, 9.17) is 4.74 Å². The predicted molar refractivity (Wildman–Crippen MR) is 217 cm³/mol. The zero-order valence-electron chi connectivity index (χ0n) is 34.7. The van der Waals surface area contributed by atoms with E-state index in [9.17, 15) is 33.5 Å². The number of thiazole rings is 1. The summed E-state index contributed by atoms with van der Waals surface area (Å²) in [5.74, 6) is -3.66. The largest absolute Gasteiger partial charge is 0.481 e. The lowest BCUT2D eigenvalue weighted by molar-refractivity contribution is -0.150. The topological polar surface area (TPSA) is 146 Å². The number of amides is 2. The number of nitrogens with one attached hydrogen (secondary N) is 1. The summed E-state index contributed by atoms with van der Waals surface area (Å²) < 4.78 is 19.5. The van der Waals surface area contributed by atoms with Gasteiger partial charge in [-0.25, -0.2) is 9.37 Å². The number of hydrogen-bond donors (Lipinski definition) is 2. The maximum Gasteiger partial charge on any atom is 0.306 e. The van der Waals surface area contributed by atoms with Crippen LogP contribution in [-0.4, -0.2) is 87.7 Å². The second kappa shape index (κ2) is 22.9. The number of benzene rings is 1. The van der Waals surface area contributed by atoms with E-state index in [2.05, 4.69) is 22.1 Å². The van der Waals surface area contributed by atoms with Crippen LogP contribution >= 0.6 is 11.3 Å². The molecule has 3 rings (SSSR count). The van der Waals surface area contributed by atoms with E-state index in [0.717, 1.165) is 57.1 Å². The molecule has 2 N–H and O–H groups in total. The Labute approximate surface area is 337 Å². The van der Waals surface area contributed by atoms with Crippen molar-refractivity contribution in [1.29, 1.82) is 0 Å². The van der Waals surface area contributed by atoms with Crippen LogP contribution < -0.4 is 5.32 Å². The molecule has 312 valence electrons. The fourth-order valence-corrected chi connectivity index (χ4v) is 8.48. The minimum atomic E-state index is -0.996. The Bertz CT molecular complexity index is 1580. The summed E-state index contributed by atoms with van der Waals surface area (Å²) >= 11 is 1.18. The molecule has 1 aliphatic heterocycles. The number of esters is 1. The number of nitrogens with zero attached hydrogens (tertiary/aromatic N) is 3. The number of hydrogen-bond acceptors (Lipinski definition) is 9. The Morgan fingerprint density at radius 3 is 2.34 bits per heavy atom. The van der Waals surface area contributed by atoms with Crippen molar-refractivity contribution in [3.63, 3.8) is 0 Å². The number of Topliss-reactive ketones (excluding diaryl/α,β-unsaturated/α-hetero) is 1. The van der Waals surface area contributed by atoms with Crippen molar-refractivity contribution in [2.24, 2.45) is 23.7 Å². The molecule has 1 aromatic heterocycles. The second-order valence-electron chi connectivity index (χ2n) is 16.1. The Morgan fingerprint density at radius 2 is 1.75 bits per heavy atom. The fraction of sp³-hybridized carbons (Fsp3) is 0.674. The van der Waals surface area contributed by atoms with Crippen LogP contribution in [0.2, 0.25) is 0 Å². The molecule has 1 aromatic carbocycles. The average Bonchev–Trinajstić information content (AvgIpc) is 3.65. The van der Waals surface area contributed by atoms with E-state index in [1.165, 1.54) is 30.4 Å². The van der Waals surface area contributed by atoms with E-state index in [-0.39, 0.29) is 67.0 Å². The van der Waals surface area contributed by atoms with Crippen molar-refractivity contribution < 1.29 is 38.2 Å². The summed E-state index contributed by atoms with van der Waals surface area (Å²) in [6, 6.07) is 4.72. The van der Waals surface area contributed by atoms with E-state index in [0.29, 0.717) is 11.6 Å². The molecule has 1 fully saturated rings. The molecular formula is C43H65FN4O7S. The van der Waals surface area contributed by atoms with E-state index >= 15 is 0 Å². The van der Waals surface area contributed by atoms with Crippen LogP contribution in [0.25, 0.3) is 0 Å². The van der Waals surface area contributed by atoms with Gasteiger partial charge in [0.25, 0.3) is 5.91 Å². The first-order valence-electron chi connectivity index (χ1n) is 20.5. The van der Waals surface area contributed by atoms with Crippen molar-refractivity contribution in [3.05, 3.63) is 51.7 Å². The van der Waals surface area contributed by atoms with Crippen molar-refractivity contribution in [3.8, 4) is 0 Å². The highest BCUT2D eigenvalue weighted by molar-refractivity contribution is 7.09. The van der Waals surface area contributed by atoms with Gasteiger partial charge >= 0.3 is 11.9 Å². The lowest BCUT2D eigenvalue weighted by Crippen LogP contribution is -2.50. The van der Waals surface area contributed by atoms with Crippen LogP contribution in [0.3, 0.4) is 0 Å². The van der Waals surface area contributed by atoms with Crippen molar-refractivity contribution in [2.75, 3.05) is 20.1 Å². The van der Waals surface area contributed by atoms with Gasteiger partial charge in [-0.15, -0.1) is 11.3 Å². The van der Waals surface area contributed by atoms with Crippen molar-refractivity contribution >= 4 is 40.9 Å². The smallest absolute Gasteiger partial charge is 0.306 e. The number of halogens is 1. The molecule has 0 aliphatic carbocycles. The third-order valence-corrected chi connectivity index (χ3v) is 12.2. The normalized spacial score (nSPS) is 18.0. The quantitative estimate of drug-likeness (QED) is 0.0847. The first kappa shape index (κ1) is 46.7. The molecule has 1 saturated heterocycles. The molecule has 56 heavy (non-hydrogen) atoms. The van der Waals surface area contributed by atoms with Gasteiger partial charge in [0.15, 0.2) is 11.9 Å². The fourth-order valence-electron chi connectivity index (χ4n) is 7.64. The molecule has 11 nitrogen and oxygen atoms in total. The molecule has 2 amide bonds. The van der Waals surface area contributed by atoms with Crippen molar-refractivity contribution in [1.82, 2.24) is 20.1 Å². The minimum absolute atomic E-state index is 0.0171. The number of ether oxygens (including phenoxy) is 1. The number of carboxylic acid groups (broad SMARTS) is 1. The number of carboxylic acids is 1. The molecule has 0 spiro atoms. The van der Waals surface area contributed by atoms with E-state index in [1.54, 1.807) is 24.4 Å². The van der Waals surface area contributed by atoms with E-state index < -0.39 is 47.6 Å². The van der Waals surface area contributed by atoms with Gasteiger partial charge in [0.05, 0.1) is 12.0 Å². The highest BCUT2D eigenvalue weighted by atomic mass is 32.1. The molecule has 2 heterocycles. The number of rotatable bonds is 23. The highest BCUT2D eigenvalue weighted by Gasteiger charge is 2.39. The summed E-state index contributed by atoms with van der Waals surface area (Å²) in [4.78, 5) is 75.1. The van der Waals surface area contributed by atoms with Crippen molar-refractivity contribution in [2.45, 2.75) is 143 Å². The van der Waals surface area contributed by atoms with Crippen LogP contribution in [0.5, 0.6) is 0 Å². The summed E-state index contributed by atoms with van der Waals surface area (Å²) in [6.45, 7) is 14.5. The van der Waals surface area contributed by atoms with Gasteiger partial charge in [0.2, 0.25) is 5.91 Å². The summed E-state index contributed by atoms with van der Waals surface area (Å²) in [5, 5.41) is 14.5. The molecule has 2 aromatic rings. The Balaban J connectivity index is 1.91. The third kappa shape index (κ3) is 14.0. The molecular weight excluding hydrogens is 736 g/mol. The molecule has 13 heteroatoms. The number of unbranched alkanes of at least 4 members (excludes halogenated alkanes) is 2. The zero-order valence-corrected chi connectivity index (χ0v) is 35.5. The first-order valence-corrected chi connectivity index (χ1v) is 21.4. The summed E-state index contributed by atoms with van der Waals surface area (Å²) in [6.07, 6.45) is 6.32. The second-order valence-corrected chi connectivity index (χ2v) is 17.0. The first-order chi connectivity index (χ1) is 26.6. The number of aromatic nitrogens is 1. The number of likely N-dealkylation sites (N-methyl/N-ethyl adjacent to an activating group) is 1. The van der Waals surface area contributed by atoms with Gasteiger partial charge < -0.3 is 20.1 Å². The molecule has 0 saturated carbocycles. The number of aliphatic carboxylic acids is 1. The van der Waals surface area contributed by atoms with Crippen LogP contribution in [0.15, 0.2) is 29.6 Å². The highest BCUT2D eigenvalue weighted by Crippen LogP contribution is 2.34. The van der Waals surface area contributed by atoms with Gasteiger partial charge in [0, 0.05) is 49.7 Å². The Morgan fingerprint density at radius 1 is 1.05 bits per heavy atom. The van der Waals surface area contributed by atoms with E-state index in [1.807, 2.05) is 39.6 Å². The lowest BCUT2D eigenvalue weighted by atomic mass is 9.82. The summed E-state index contributed by atoms with van der Waals surface area (Å²) in [5.41, 5.74) is 0.830. The number of ketones is 1. The molecule has 1 aliphatic rings. The SMILES string of the molecule is CCCCCN(C(=O)C(CC(=O)C1CCCCN1C)[C@@H](C)CC)[C@H](C[C@@H](OC(C)=O)c1nc(C(=O)N[C@@H](Cc2ccc(F)cc2)C[C@H](C)C(=O)O)cs1)C(C)C. The molecule has 0 bridgehead atoms. The third-order valence-electron chi connectivity index (χ3n) is 11.3. The monoisotopic (exact) mass is 800 g/mol. The summed E-state index contributed by atoms with van der Waals surface area (Å²) in [7, 11) is 1.99. The zero-order chi connectivity index (χ0) is 41.5. The maximum absolute atomic E-state index is 14.8. The van der Waals surface area contributed by atoms with Gasteiger partial charge in [-0.3, -0.25) is 28.9 Å². The van der Waals surface area contributed by atoms with Gasteiger partial charge in [0.1, 0.15) is 16.5 Å². The van der Waals surface area contributed by atoms with Gasteiger partial charge in [-0.05, 0) is 75.2 Å². The number of carbonyl (C=O) groups excluding carboxylic acids is 4. The Hall–Kier alpha value is -3.71. The van der Waals surface area contributed by atoms with Gasteiger partial charge in [-0.2, -0.15) is 0 Å². The maximum atomic E-state index is 14.8. The standard InChI is InChI=1S/C43H65FN4O7S/c1-9-11-13-21-48(42(52)34(28(5)10-2)24-38(50)36-15-12-14-20-47(36)8)37(27(3)4)25-39(55-30(7)49)41-46-35(26-56-41)40(51)45-33(22-29(6)43(53)54)23-31-16-18-32(44)19-17-31/h16-19,26-29,33-34,36-37,39H,9-15,20-25H2,1-8H3,(H,45,51)(H,53,54)/t28-,29-,33+,34?,36?,37+,39+/m0/s1. The molecule has 7 atom stereocenters. The molecule has 0 radical (unpaired) electrons. The Kier molecular flexibility index (Phi) is 19.1. The predicted octanol–water partition coefficient (Wildman–Crippen LogP) is 7.88.